The third kappa shape index (κ3) is 2.89. The Hall–Kier alpha value is -2.35. The van der Waals surface area contributed by atoms with Gasteiger partial charge in [-0.15, -0.1) is 0 Å². The first-order chi connectivity index (χ1) is 10.9. The molecule has 0 saturated heterocycles. The van der Waals surface area contributed by atoms with Gasteiger partial charge in [0.15, 0.2) is 17.3 Å². The monoisotopic (exact) mass is 339 g/mol. The molecule has 24 heavy (non-hydrogen) atoms. The molecule has 0 aliphatic carbocycles. The van der Waals surface area contributed by atoms with Gasteiger partial charge in [-0.3, -0.25) is 4.79 Å². The minimum Gasteiger partial charge on any atom is -0.508 e. The maximum Gasteiger partial charge on any atom is 1.00 e. The van der Waals surface area contributed by atoms with Crippen molar-refractivity contribution in [3.8, 4) is 40.1 Å². The van der Waals surface area contributed by atoms with Crippen molar-refractivity contribution in [3.63, 3.8) is 0 Å². The van der Waals surface area contributed by atoms with Crippen molar-refractivity contribution >= 4 is 11.0 Å². The van der Waals surface area contributed by atoms with Gasteiger partial charge in [-0.05, 0) is 18.2 Å². The molecular weight excluding hydrogens is 327 g/mol. The van der Waals surface area contributed by atoms with Crippen LogP contribution in [0.15, 0.2) is 39.5 Å². The zero-order valence-electron chi connectivity index (χ0n) is 12.9. The summed E-state index contributed by atoms with van der Waals surface area (Å²) >= 11 is 0. The molecule has 0 saturated carbocycles. The van der Waals surface area contributed by atoms with Crippen LogP contribution in [0.5, 0.6) is 28.7 Å². The van der Waals surface area contributed by atoms with Crippen LogP contribution >= 0.6 is 0 Å². The van der Waals surface area contributed by atoms with Gasteiger partial charge in [0.2, 0.25) is 11.2 Å². The Morgan fingerprint density at radius 2 is 1.71 bits per heavy atom. The van der Waals surface area contributed by atoms with Gasteiger partial charge in [-0.25, -0.2) is 0 Å². The number of phenolic OH excluding ortho intramolecular Hbond substituents is 3. The second kappa shape index (κ2) is 6.64. The molecule has 0 bridgehead atoms. The maximum absolute atomic E-state index is 12.2. The average molecular weight is 339 g/mol. The minimum atomic E-state index is -0.842. The van der Waals surface area contributed by atoms with Crippen LogP contribution in [0, 0.1) is 0 Å². The first kappa shape index (κ1) is 18.0. The van der Waals surface area contributed by atoms with Crippen LogP contribution < -0.4 is 39.7 Å². The number of benzene rings is 2. The van der Waals surface area contributed by atoms with Gasteiger partial charge in [0.25, 0.3) is 0 Å². The van der Waals surface area contributed by atoms with Gasteiger partial charge in [0.1, 0.15) is 22.5 Å². The Morgan fingerprint density at radius 3 is 2.38 bits per heavy atom. The first-order valence-corrected chi connectivity index (χ1v) is 6.51. The van der Waals surface area contributed by atoms with Crippen molar-refractivity contribution in [2.24, 2.45) is 0 Å². The molecule has 0 aliphatic heterocycles. The Balaban J connectivity index is 0.00000208. The van der Waals surface area contributed by atoms with Gasteiger partial charge in [0, 0.05) is 17.7 Å². The summed E-state index contributed by atoms with van der Waals surface area (Å²) in [5.74, 6) is -1.66. The Kier molecular flexibility index (Phi) is 4.98. The average Bonchev–Trinajstić information content (AvgIpc) is 2.50. The summed E-state index contributed by atoms with van der Waals surface area (Å²) in [6, 6.07) is 6.24. The SMILES string of the molecule is COc1cc(-c2oc3cc(O)cc(O)c3c(=O)c2O)ccc1O.[Na+]. The zero-order chi connectivity index (χ0) is 16.7. The molecule has 0 fully saturated rings. The van der Waals surface area contributed by atoms with E-state index >= 15 is 0 Å². The molecule has 3 rings (SSSR count). The smallest absolute Gasteiger partial charge is 0.508 e. The molecule has 3 aromatic rings. The molecule has 0 unspecified atom stereocenters. The summed E-state index contributed by atoms with van der Waals surface area (Å²) in [6.45, 7) is 0. The number of rotatable bonds is 2. The largest absolute Gasteiger partial charge is 1.00 e. The zero-order valence-corrected chi connectivity index (χ0v) is 14.9. The van der Waals surface area contributed by atoms with E-state index in [-0.39, 0.29) is 69.1 Å². The molecule has 8 heteroatoms. The van der Waals surface area contributed by atoms with E-state index < -0.39 is 16.9 Å². The molecule has 0 aliphatic rings. The van der Waals surface area contributed by atoms with E-state index in [9.17, 15) is 25.2 Å². The van der Waals surface area contributed by atoms with Crippen molar-refractivity contribution in [1.29, 1.82) is 0 Å². The molecule has 1 heterocycles. The van der Waals surface area contributed by atoms with Gasteiger partial charge >= 0.3 is 29.6 Å². The first-order valence-electron chi connectivity index (χ1n) is 6.51. The Labute approximate surface area is 157 Å². The fourth-order valence-corrected chi connectivity index (χ4v) is 2.29. The summed E-state index contributed by atoms with van der Waals surface area (Å²) in [5.41, 5.74) is -0.655. The number of ether oxygens (including phenoxy) is 1. The fourth-order valence-electron chi connectivity index (χ4n) is 2.29. The summed E-state index contributed by atoms with van der Waals surface area (Å²) in [4.78, 5) is 12.2. The van der Waals surface area contributed by atoms with Gasteiger partial charge in [0.05, 0.1) is 7.11 Å². The molecule has 0 amide bonds. The molecule has 0 spiro atoms. The number of phenols is 3. The van der Waals surface area contributed by atoms with E-state index in [1.165, 1.54) is 25.3 Å². The number of aromatic hydroxyl groups is 4. The Morgan fingerprint density at radius 1 is 1.00 bits per heavy atom. The number of hydrogen-bond acceptors (Lipinski definition) is 7. The molecule has 2 aromatic carbocycles. The molecule has 7 nitrogen and oxygen atoms in total. The third-order valence-corrected chi connectivity index (χ3v) is 3.38. The Bertz CT molecular complexity index is 978. The third-order valence-electron chi connectivity index (χ3n) is 3.38. The van der Waals surface area contributed by atoms with E-state index in [0.29, 0.717) is 0 Å². The van der Waals surface area contributed by atoms with Crippen molar-refractivity contribution in [1.82, 2.24) is 0 Å². The quantitative estimate of drug-likeness (QED) is 0.456. The van der Waals surface area contributed by atoms with E-state index in [4.69, 9.17) is 9.15 Å². The molecule has 1 aromatic heterocycles. The van der Waals surface area contributed by atoms with E-state index in [2.05, 4.69) is 0 Å². The normalized spacial score (nSPS) is 10.4. The standard InChI is InChI=1S/C16H12O7.Na/c1-22-11-4-7(2-3-9(11)18)16-15(21)14(20)13-10(19)5-8(17)6-12(13)23-16;/h2-6,17-19,21H,1H3;/q;+1. The molecular formula is C16H12NaO7+. The molecule has 0 radical (unpaired) electrons. The maximum atomic E-state index is 12.2. The van der Waals surface area contributed by atoms with Crippen LogP contribution in [0.4, 0.5) is 0 Å². The van der Waals surface area contributed by atoms with Crippen LogP contribution in [-0.2, 0) is 0 Å². The number of methoxy groups -OCH3 is 1. The van der Waals surface area contributed by atoms with Gasteiger partial charge in [-0.2, -0.15) is 0 Å². The second-order valence-electron chi connectivity index (χ2n) is 4.83. The van der Waals surface area contributed by atoms with Crippen LogP contribution in [0.3, 0.4) is 0 Å². The summed E-state index contributed by atoms with van der Waals surface area (Å²) in [6.07, 6.45) is 0. The predicted molar refractivity (Wildman–Crippen MR) is 81.1 cm³/mol. The van der Waals surface area contributed by atoms with Crippen LogP contribution in [0.2, 0.25) is 0 Å². The summed E-state index contributed by atoms with van der Waals surface area (Å²) in [5, 5.41) is 38.7. The van der Waals surface area contributed by atoms with Crippen molar-refractivity contribution < 1.29 is 59.1 Å². The van der Waals surface area contributed by atoms with Crippen molar-refractivity contribution in [2.45, 2.75) is 0 Å². The van der Waals surface area contributed by atoms with Crippen LogP contribution in [0.1, 0.15) is 0 Å². The number of hydrogen-bond donors (Lipinski definition) is 4. The van der Waals surface area contributed by atoms with Gasteiger partial charge < -0.3 is 29.6 Å². The van der Waals surface area contributed by atoms with Crippen LogP contribution in [-0.4, -0.2) is 27.5 Å². The van der Waals surface area contributed by atoms with Crippen molar-refractivity contribution in [2.75, 3.05) is 7.11 Å². The topological polar surface area (TPSA) is 120 Å². The number of fused-ring (bicyclic) bond motifs is 1. The van der Waals surface area contributed by atoms with E-state index in [1.807, 2.05) is 0 Å². The van der Waals surface area contributed by atoms with Crippen LogP contribution in [0.25, 0.3) is 22.3 Å². The minimum absolute atomic E-state index is 0. The van der Waals surface area contributed by atoms with Gasteiger partial charge in [-0.1, -0.05) is 0 Å². The predicted octanol–water partition coefficient (Wildman–Crippen LogP) is -0.705. The molecule has 4 N–H and O–H groups in total. The molecule has 118 valence electrons. The van der Waals surface area contributed by atoms with Crippen molar-refractivity contribution in [3.05, 3.63) is 40.6 Å². The molecule has 0 atom stereocenters. The second-order valence-corrected chi connectivity index (χ2v) is 4.83. The van der Waals surface area contributed by atoms with E-state index in [0.717, 1.165) is 12.1 Å². The summed E-state index contributed by atoms with van der Waals surface area (Å²) < 4.78 is 10.4. The summed E-state index contributed by atoms with van der Waals surface area (Å²) in [7, 11) is 1.35. The van der Waals surface area contributed by atoms with E-state index in [1.54, 1.807) is 0 Å². The fraction of sp³-hybridized carbons (Fsp3) is 0.0625.